The lowest BCUT2D eigenvalue weighted by atomic mass is 10.0. The smallest absolute Gasteiger partial charge is 0.258 e. The first-order chi connectivity index (χ1) is 15.6. The van der Waals surface area contributed by atoms with E-state index >= 15 is 0 Å². The van der Waals surface area contributed by atoms with Gasteiger partial charge in [0.05, 0.1) is 25.2 Å². The number of carbonyl (C=O) groups excluding carboxylic acids is 1. The Kier molecular flexibility index (Phi) is 6.50. The fourth-order valence-corrected chi connectivity index (χ4v) is 6.37. The van der Waals surface area contributed by atoms with Crippen LogP contribution in [0.2, 0.25) is 0 Å². The first-order valence-electron chi connectivity index (χ1n) is 10.5. The van der Waals surface area contributed by atoms with E-state index in [1.54, 1.807) is 23.1 Å². The van der Waals surface area contributed by atoms with Crippen LogP contribution in [0.4, 0.5) is 5.69 Å². The van der Waals surface area contributed by atoms with Gasteiger partial charge in [0.2, 0.25) is 10.0 Å². The van der Waals surface area contributed by atoms with Gasteiger partial charge in [0.1, 0.15) is 10.6 Å². The lowest BCUT2D eigenvalue weighted by molar-refractivity contribution is 0.0729. The van der Waals surface area contributed by atoms with Crippen molar-refractivity contribution in [1.82, 2.24) is 4.31 Å². The number of anilines is 1. The largest absolute Gasteiger partial charge is 0.495 e. The highest BCUT2D eigenvalue weighted by Crippen LogP contribution is 2.33. The third kappa shape index (κ3) is 4.63. The molecule has 1 amide bonds. The maximum absolute atomic E-state index is 13.4. The second kappa shape index (κ2) is 9.05. The molecule has 0 N–H and O–H groups in total. The molecule has 178 valence electrons. The van der Waals surface area contributed by atoms with Crippen molar-refractivity contribution in [2.45, 2.75) is 22.6 Å². The molecule has 0 saturated carbocycles. The minimum absolute atomic E-state index is 0.0672. The molecule has 0 radical (unpaired) electrons. The van der Waals surface area contributed by atoms with Crippen LogP contribution < -0.4 is 9.64 Å². The average Bonchev–Trinajstić information content (AvgIpc) is 2.82. The maximum atomic E-state index is 13.4. The molecule has 2 aromatic carbocycles. The third-order valence-electron chi connectivity index (χ3n) is 5.84. The van der Waals surface area contributed by atoms with Gasteiger partial charge in [-0.1, -0.05) is 0 Å². The zero-order valence-electron chi connectivity index (χ0n) is 18.5. The Bertz CT molecular complexity index is 1280. The summed E-state index contributed by atoms with van der Waals surface area (Å²) in [7, 11) is -5.86. The van der Waals surface area contributed by atoms with Gasteiger partial charge in [-0.15, -0.1) is 0 Å². The van der Waals surface area contributed by atoms with Crippen molar-refractivity contribution in [3.8, 4) is 5.75 Å². The highest BCUT2D eigenvalue weighted by molar-refractivity contribution is 7.90. The molecule has 0 aromatic heterocycles. The number of benzene rings is 2. The SMILES string of the molecule is COc1ccc(C(=O)N2CCCc3cc(S(C)(=O)=O)ccc32)cc1S(=O)(=O)N1CCOCC1. The van der Waals surface area contributed by atoms with Gasteiger partial charge in [0.25, 0.3) is 5.91 Å². The summed E-state index contributed by atoms with van der Waals surface area (Å²) in [5, 5.41) is 0. The fourth-order valence-electron chi connectivity index (χ4n) is 4.11. The maximum Gasteiger partial charge on any atom is 0.258 e. The zero-order valence-corrected chi connectivity index (χ0v) is 20.1. The summed E-state index contributed by atoms with van der Waals surface area (Å²) in [6.07, 6.45) is 2.47. The van der Waals surface area contributed by atoms with Crippen molar-refractivity contribution < 1.29 is 31.1 Å². The molecule has 1 saturated heterocycles. The topological polar surface area (TPSA) is 110 Å². The second-order valence-corrected chi connectivity index (χ2v) is 11.9. The van der Waals surface area contributed by atoms with Gasteiger partial charge in [0, 0.05) is 37.1 Å². The number of fused-ring (bicyclic) bond motifs is 1. The van der Waals surface area contributed by atoms with E-state index in [0.717, 1.165) is 11.8 Å². The molecule has 2 aliphatic heterocycles. The lowest BCUT2D eigenvalue weighted by Gasteiger charge is -2.30. The molecule has 4 rings (SSSR count). The van der Waals surface area contributed by atoms with E-state index in [2.05, 4.69) is 0 Å². The number of hydrogen-bond donors (Lipinski definition) is 0. The number of sulfonamides is 1. The van der Waals surface area contributed by atoms with E-state index in [4.69, 9.17) is 9.47 Å². The number of hydrogen-bond acceptors (Lipinski definition) is 7. The summed E-state index contributed by atoms with van der Waals surface area (Å²) in [5.74, 6) is -0.195. The van der Waals surface area contributed by atoms with Gasteiger partial charge in [-0.05, 0) is 54.8 Å². The summed E-state index contributed by atoms with van der Waals surface area (Å²) in [4.78, 5) is 15.1. The highest BCUT2D eigenvalue weighted by Gasteiger charge is 2.31. The summed E-state index contributed by atoms with van der Waals surface area (Å²) >= 11 is 0. The molecule has 11 heteroatoms. The molecule has 2 heterocycles. The van der Waals surface area contributed by atoms with E-state index in [1.807, 2.05) is 0 Å². The van der Waals surface area contributed by atoms with Crippen molar-refractivity contribution in [1.29, 1.82) is 0 Å². The lowest BCUT2D eigenvalue weighted by Crippen LogP contribution is -2.41. The normalized spacial score (nSPS) is 17.5. The Morgan fingerprint density at radius 1 is 1.00 bits per heavy atom. The molecule has 9 nitrogen and oxygen atoms in total. The number of methoxy groups -OCH3 is 1. The predicted octanol–water partition coefficient (Wildman–Crippen LogP) is 1.71. The average molecular weight is 495 g/mol. The van der Waals surface area contributed by atoms with Gasteiger partial charge in [-0.3, -0.25) is 4.79 Å². The molecule has 0 bridgehead atoms. The molecule has 0 spiro atoms. The minimum Gasteiger partial charge on any atom is -0.495 e. The molecule has 2 aliphatic rings. The molecule has 0 atom stereocenters. The Hall–Kier alpha value is -2.47. The Balaban J connectivity index is 1.71. The zero-order chi connectivity index (χ0) is 23.8. The third-order valence-corrected chi connectivity index (χ3v) is 8.87. The van der Waals surface area contributed by atoms with Crippen LogP contribution in [-0.2, 0) is 31.0 Å². The van der Waals surface area contributed by atoms with Crippen LogP contribution >= 0.6 is 0 Å². The van der Waals surface area contributed by atoms with E-state index in [0.29, 0.717) is 38.3 Å². The number of amides is 1. The predicted molar refractivity (Wildman–Crippen MR) is 122 cm³/mol. The number of carbonyl (C=O) groups is 1. The quantitative estimate of drug-likeness (QED) is 0.622. The first kappa shape index (κ1) is 23.7. The standard InChI is InChI=1S/C22H26N2O7S2/c1-30-20-8-5-17(15-21(20)33(28,29)23-10-12-31-13-11-23)22(25)24-9-3-4-16-14-18(32(2,26)27)6-7-19(16)24/h5-8,14-15H,3-4,9-13H2,1-2H3. The number of aryl methyl sites for hydroxylation is 1. The van der Waals surface area contributed by atoms with Crippen LogP contribution in [0.1, 0.15) is 22.3 Å². The van der Waals surface area contributed by atoms with Crippen molar-refractivity contribution in [3.63, 3.8) is 0 Å². The van der Waals surface area contributed by atoms with Crippen LogP contribution in [0, 0.1) is 0 Å². The monoisotopic (exact) mass is 494 g/mol. The van der Waals surface area contributed by atoms with Gasteiger partial charge < -0.3 is 14.4 Å². The van der Waals surface area contributed by atoms with Crippen LogP contribution in [0.15, 0.2) is 46.2 Å². The number of ether oxygens (including phenoxy) is 2. The highest BCUT2D eigenvalue weighted by atomic mass is 32.2. The summed E-state index contributed by atoms with van der Waals surface area (Å²) < 4.78 is 62.2. The van der Waals surface area contributed by atoms with Crippen LogP contribution in [0.3, 0.4) is 0 Å². The number of nitrogens with zero attached hydrogens (tertiary/aromatic N) is 2. The van der Waals surface area contributed by atoms with Crippen molar-refractivity contribution in [2.75, 3.05) is 51.1 Å². The molecule has 0 aliphatic carbocycles. The van der Waals surface area contributed by atoms with Crippen molar-refractivity contribution in [3.05, 3.63) is 47.5 Å². The second-order valence-electron chi connectivity index (χ2n) is 8.01. The van der Waals surface area contributed by atoms with E-state index in [1.165, 1.54) is 29.6 Å². The first-order valence-corrected chi connectivity index (χ1v) is 13.9. The number of morpholine rings is 1. The van der Waals surface area contributed by atoms with Crippen LogP contribution in [-0.4, -0.2) is 73.3 Å². The van der Waals surface area contributed by atoms with Gasteiger partial charge in [-0.2, -0.15) is 4.31 Å². The summed E-state index contributed by atoms with van der Waals surface area (Å²) in [6.45, 7) is 1.51. The van der Waals surface area contributed by atoms with Crippen LogP contribution in [0.5, 0.6) is 5.75 Å². The van der Waals surface area contributed by atoms with Gasteiger partial charge in [-0.25, -0.2) is 16.8 Å². The Labute approximate surface area is 193 Å². The van der Waals surface area contributed by atoms with Gasteiger partial charge >= 0.3 is 0 Å². The van der Waals surface area contributed by atoms with Gasteiger partial charge in [0.15, 0.2) is 9.84 Å². The van der Waals surface area contributed by atoms with E-state index in [-0.39, 0.29) is 40.1 Å². The number of sulfone groups is 1. The van der Waals surface area contributed by atoms with Crippen molar-refractivity contribution in [2.24, 2.45) is 0 Å². The van der Waals surface area contributed by atoms with Crippen LogP contribution in [0.25, 0.3) is 0 Å². The van der Waals surface area contributed by atoms with E-state index in [9.17, 15) is 21.6 Å². The summed E-state index contributed by atoms with van der Waals surface area (Å²) in [5.41, 5.74) is 1.61. The van der Waals surface area contributed by atoms with Crippen molar-refractivity contribution >= 4 is 31.5 Å². The number of rotatable bonds is 5. The fraction of sp³-hybridized carbons (Fsp3) is 0.409. The molecule has 33 heavy (non-hydrogen) atoms. The Morgan fingerprint density at radius 3 is 2.39 bits per heavy atom. The van der Waals surface area contributed by atoms with E-state index < -0.39 is 19.9 Å². The molecular formula is C22H26N2O7S2. The molecule has 2 aromatic rings. The summed E-state index contributed by atoms with van der Waals surface area (Å²) in [6, 6.07) is 9.11. The minimum atomic E-state index is -3.88. The molecule has 1 fully saturated rings. The molecule has 0 unspecified atom stereocenters. The molecular weight excluding hydrogens is 468 g/mol. The Morgan fingerprint density at radius 2 is 1.73 bits per heavy atom.